The van der Waals surface area contributed by atoms with Crippen LogP contribution in [0.3, 0.4) is 0 Å². The lowest BCUT2D eigenvalue weighted by Gasteiger charge is -2.06. The molecule has 0 saturated heterocycles. The summed E-state index contributed by atoms with van der Waals surface area (Å²) in [5, 5.41) is 3.12. The molecule has 110 valence electrons. The molecule has 5 nitrogen and oxygen atoms in total. The molecule has 3 aromatic rings. The molecule has 3 rings (SSSR count). The maximum atomic E-state index is 12.5. The van der Waals surface area contributed by atoms with Crippen LogP contribution in [0.5, 0.6) is 5.75 Å². The fourth-order valence-corrected chi connectivity index (χ4v) is 2.21. The molecule has 0 aliphatic carbocycles. The Morgan fingerprint density at radius 1 is 1.14 bits per heavy atom. The number of carbonyl (C=O) groups is 1. The Labute approximate surface area is 126 Å². The summed E-state index contributed by atoms with van der Waals surface area (Å²) >= 11 is 0. The van der Waals surface area contributed by atoms with Crippen LogP contribution >= 0.6 is 0 Å². The third-order valence-corrected chi connectivity index (χ3v) is 3.36. The molecule has 0 atom stereocenters. The van der Waals surface area contributed by atoms with Crippen LogP contribution < -0.4 is 15.5 Å². The molecule has 0 spiro atoms. The minimum Gasteiger partial charge on any atom is -0.497 e. The van der Waals surface area contributed by atoms with Crippen molar-refractivity contribution in [3.05, 3.63) is 70.5 Å². The lowest BCUT2D eigenvalue weighted by molar-refractivity contribution is 0.102. The number of benzene rings is 2. The quantitative estimate of drug-likeness (QED) is 0.780. The third-order valence-electron chi connectivity index (χ3n) is 3.36. The lowest BCUT2D eigenvalue weighted by Crippen LogP contribution is -2.21. The number of nitrogens with one attached hydrogen (secondary N) is 2. The number of hydrogen-bond donors (Lipinski definition) is 2. The monoisotopic (exact) mass is 294 g/mol. The Bertz CT molecular complexity index is 885. The predicted molar refractivity (Wildman–Crippen MR) is 85.5 cm³/mol. The predicted octanol–water partition coefficient (Wildman–Crippen LogP) is 2.79. The van der Waals surface area contributed by atoms with E-state index in [-0.39, 0.29) is 11.0 Å². The smallest absolute Gasteiger partial charge is 0.261 e. The van der Waals surface area contributed by atoms with E-state index < -0.39 is 5.91 Å². The molecule has 0 aliphatic heterocycles. The van der Waals surface area contributed by atoms with E-state index in [4.69, 9.17) is 4.74 Å². The van der Waals surface area contributed by atoms with Crippen molar-refractivity contribution in [2.45, 2.75) is 0 Å². The first kappa shape index (κ1) is 13.9. The van der Waals surface area contributed by atoms with E-state index in [1.807, 2.05) is 18.2 Å². The van der Waals surface area contributed by atoms with Crippen LogP contribution in [0, 0.1) is 0 Å². The average molecular weight is 294 g/mol. The summed E-state index contributed by atoms with van der Waals surface area (Å²) in [6.07, 6.45) is 1.43. The zero-order valence-corrected chi connectivity index (χ0v) is 11.9. The van der Waals surface area contributed by atoms with E-state index >= 15 is 0 Å². The molecular formula is C17H14N2O3. The Balaban J connectivity index is 2.02. The Morgan fingerprint density at radius 3 is 2.64 bits per heavy atom. The minimum absolute atomic E-state index is 0.0598. The van der Waals surface area contributed by atoms with E-state index in [0.717, 1.165) is 0 Å². The lowest BCUT2D eigenvalue weighted by atomic mass is 10.1. The average Bonchev–Trinajstić information content (AvgIpc) is 2.56. The van der Waals surface area contributed by atoms with E-state index in [0.29, 0.717) is 22.3 Å². The zero-order valence-electron chi connectivity index (χ0n) is 11.9. The summed E-state index contributed by atoms with van der Waals surface area (Å²) in [7, 11) is 1.53. The first-order chi connectivity index (χ1) is 10.7. The summed E-state index contributed by atoms with van der Waals surface area (Å²) < 4.78 is 5.12. The topological polar surface area (TPSA) is 71.2 Å². The van der Waals surface area contributed by atoms with Crippen molar-refractivity contribution in [2.75, 3.05) is 12.4 Å². The minimum atomic E-state index is -0.447. The summed E-state index contributed by atoms with van der Waals surface area (Å²) in [6.45, 7) is 0. The van der Waals surface area contributed by atoms with Crippen LogP contribution in [0.25, 0.3) is 10.9 Å². The van der Waals surface area contributed by atoms with Crippen molar-refractivity contribution in [3.63, 3.8) is 0 Å². The highest BCUT2D eigenvalue weighted by Crippen LogP contribution is 2.17. The van der Waals surface area contributed by atoms with Crippen LogP contribution in [0.2, 0.25) is 0 Å². The standard InChI is InChI=1S/C17H14N2O3/c1-22-12-7-8-15-13(9-12)16(20)14(10-18-15)17(21)19-11-5-3-2-4-6-11/h2-10H,1H3,(H,18,20)(H,19,21). The molecule has 1 amide bonds. The fourth-order valence-electron chi connectivity index (χ4n) is 2.21. The number of aromatic nitrogens is 1. The van der Waals surface area contributed by atoms with Gasteiger partial charge in [0.2, 0.25) is 5.43 Å². The molecule has 0 fully saturated rings. The highest BCUT2D eigenvalue weighted by molar-refractivity contribution is 6.05. The number of ether oxygens (including phenoxy) is 1. The number of anilines is 1. The molecule has 0 bridgehead atoms. The number of H-pyrrole nitrogens is 1. The molecule has 22 heavy (non-hydrogen) atoms. The summed E-state index contributed by atoms with van der Waals surface area (Å²) in [6, 6.07) is 14.1. The Kier molecular flexibility index (Phi) is 3.62. The molecule has 5 heteroatoms. The Hall–Kier alpha value is -3.08. The molecule has 0 saturated carbocycles. The number of aromatic amines is 1. The maximum absolute atomic E-state index is 12.5. The number of amides is 1. The summed E-state index contributed by atoms with van der Waals surface area (Å²) in [5.74, 6) is 0.121. The largest absolute Gasteiger partial charge is 0.497 e. The number of carbonyl (C=O) groups excluding carboxylic acids is 1. The van der Waals surface area contributed by atoms with Gasteiger partial charge in [0.05, 0.1) is 7.11 Å². The second-order valence-corrected chi connectivity index (χ2v) is 4.76. The van der Waals surface area contributed by atoms with Crippen molar-refractivity contribution < 1.29 is 9.53 Å². The van der Waals surface area contributed by atoms with Crippen molar-refractivity contribution >= 4 is 22.5 Å². The molecule has 1 heterocycles. The van der Waals surface area contributed by atoms with Crippen molar-refractivity contribution in [2.24, 2.45) is 0 Å². The van der Waals surface area contributed by atoms with E-state index in [9.17, 15) is 9.59 Å². The third kappa shape index (κ3) is 2.56. The first-order valence-corrected chi connectivity index (χ1v) is 6.75. The molecule has 1 aromatic heterocycles. The van der Waals surface area contributed by atoms with Gasteiger partial charge in [0.25, 0.3) is 5.91 Å². The normalized spacial score (nSPS) is 10.4. The number of hydrogen-bond acceptors (Lipinski definition) is 3. The Morgan fingerprint density at radius 2 is 1.91 bits per heavy atom. The van der Waals surface area contributed by atoms with Gasteiger partial charge in [-0.2, -0.15) is 0 Å². The summed E-state index contributed by atoms with van der Waals surface area (Å²) in [5.41, 5.74) is 1.02. The number of fused-ring (bicyclic) bond motifs is 1. The highest BCUT2D eigenvalue weighted by Gasteiger charge is 2.13. The van der Waals surface area contributed by atoms with Crippen LogP contribution in [0.1, 0.15) is 10.4 Å². The van der Waals surface area contributed by atoms with Gasteiger partial charge in [0.1, 0.15) is 11.3 Å². The fraction of sp³-hybridized carbons (Fsp3) is 0.0588. The SMILES string of the molecule is COc1ccc2[nH]cc(C(=O)Nc3ccccc3)c(=O)c2c1. The van der Waals surface area contributed by atoms with Crippen molar-refractivity contribution in [1.82, 2.24) is 4.98 Å². The van der Waals surface area contributed by atoms with Gasteiger partial charge in [0.15, 0.2) is 0 Å². The van der Waals surface area contributed by atoms with Gasteiger partial charge in [-0.3, -0.25) is 9.59 Å². The van der Waals surface area contributed by atoms with Crippen LogP contribution in [0.15, 0.2) is 59.5 Å². The van der Waals surface area contributed by atoms with E-state index in [1.54, 1.807) is 30.3 Å². The van der Waals surface area contributed by atoms with Gasteiger partial charge in [0, 0.05) is 22.8 Å². The second-order valence-electron chi connectivity index (χ2n) is 4.76. The van der Waals surface area contributed by atoms with Crippen LogP contribution in [0.4, 0.5) is 5.69 Å². The molecule has 0 radical (unpaired) electrons. The first-order valence-electron chi connectivity index (χ1n) is 6.75. The van der Waals surface area contributed by atoms with Gasteiger partial charge in [-0.15, -0.1) is 0 Å². The molecule has 0 unspecified atom stereocenters. The highest BCUT2D eigenvalue weighted by atomic mass is 16.5. The second kappa shape index (κ2) is 5.73. The zero-order chi connectivity index (χ0) is 15.5. The van der Waals surface area contributed by atoms with Gasteiger partial charge < -0.3 is 15.0 Å². The molecule has 2 aromatic carbocycles. The van der Waals surface area contributed by atoms with E-state index in [1.165, 1.54) is 13.3 Å². The number of pyridine rings is 1. The van der Waals surface area contributed by atoms with Crippen LogP contribution in [-0.2, 0) is 0 Å². The maximum Gasteiger partial charge on any atom is 0.261 e. The van der Waals surface area contributed by atoms with Gasteiger partial charge in [-0.05, 0) is 30.3 Å². The molecule has 2 N–H and O–H groups in total. The van der Waals surface area contributed by atoms with Gasteiger partial charge >= 0.3 is 0 Å². The summed E-state index contributed by atoms with van der Waals surface area (Å²) in [4.78, 5) is 27.7. The van der Waals surface area contributed by atoms with Crippen molar-refractivity contribution in [3.8, 4) is 5.75 Å². The molecular weight excluding hydrogens is 280 g/mol. The number of para-hydroxylation sites is 1. The van der Waals surface area contributed by atoms with E-state index in [2.05, 4.69) is 10.3 Å². The number of rotatable bonds is 3. The molecule has 0 aliphatic rings. The number of methoxy groups -OCH3 is 1. The van der Waals surface area contributed by atoms with Crippen molar-refractivity contribution in [1.29, 1.82) is 0 Å². The van der Waals surface area contributed by atoms with Crippen LogP contribution in [-0.4, -0.2) is 18.0 Å². The van der Waals surface area contributed by atoms with Gasteiger partial charge in [-0.25, -0.2) is 0 Å². The van der Waals surface area contributed by atoms with Gasteiger partial charge in [-0.1, -0.05) is 18.2 Å².